The number of aromatic nitrogens is 2. The highest BCUT2D eigenvalue weighted by molar-refractivity contribution is 8.00. The van der Waals surface area contributed by atoms with Gasteiger partial charge >= 0.3 is 0 Å². The van der Waals surface area contributed by atoms with Gasteiger partial charge in [-0.25, -0.2) is 0 Å². The van der Waals surface area contributed by atoms with E-state index >= 15 is 0 Å². The summed E-state index contributed by atoms with van der Waals surface area (Å²) in [7, 11) is 0. The first kappa shape index (κ1) is 20.3. The van der Waals surface area contributed by atoms with Crippen LogP contribution in [0.3, 0.4) is 0 Å². The van der Waals surface area contributed by atoms with Gasteiger partial charge in [0.05, 0.1) is 23.2 Å². The molecule has 0 spiro atoms. The number of benzene rings is 2. The fourth-order valence-electron chi connectivity index (χ4n) is 3.56. The third-order valence-electron chi connectivity index (χ3n) is 5.07. The third kappa shape index (κ3) is 4.31. The largest absolute Gasteiger partial charge is 0.493 e. The molecule has 30 heavy (non-hydrogen) atoms. The van der Waals surface area contributed by atoms with Crippen LogP contribution in [0.2, 0.25) is 0 Å². The first-order valence-electron chi connectivity index (χ1n) is 10.1. The van der Waals surface area contributed by atoms with Crippen LogP contribution in [0, 0.1) is 0 Å². The van der Waals surface area contributed by atoms with E-state index in [1.165, 1.54) is 17.3 Å². The molecule has 0 bridgehead atoms. The highest BCUT2D eigenvalue weighted by Crippen LogP contribution is 2.40. The maximum atomic E-state index is 12.7. The highest BCUT2D eigenvalue weighted by Gasteiger charge is 2.30. The molecule has 4 rings (SSSR count). The molecule has 0 aliphatic carbocycles. The molecule has 7 heteroatoms. The van der Waals surface area contributed by atoms with E-state index in [-0.39, 0.29) is 22.8 Å². The summed E-state index contributed by atoms with van der Waals surface area (Å²) in [5, 5.41) is 5.54. The Labute approximate surface area is 179 Å². The summed E-state index contributed by atoms with van der Waals surface area (Å²) >= 11 is 1.46. The number of aromatic amines is 1. The zero-order valence-electron chi connectivity index (χ0n) is 17.1. The second-order valence-electron chi connectivity index (χ2n) is 7.56. The van der Waals surface area contributed by atoms with Crippen LogP contribution in [-0.4, -0.2) is 28.0 Å². The minimum atomic E-state index is -0.221. The summed E-state index contributed by atoms with van der Waals surface area (Å²) in [4.78, 5) is 24.9. The topological polar surface area (TPSA) is 76.1 Å². The number of H-pyrrole nitrogens is 1. The predicted octanol–water partition coefficient (Wildman–Crippen LogP) is 4.15. The van der Waals surface area contributed by atoms with E-state index in [0.29, 0.717) is 23.7 Å². The van der Waals surface area contributed by atoms with Gasteiger partial charge < -0.3 is 10.1 Å². The Hall–Kier alpha value is -2.93. The highest BCUT2D eigenvalue weighted by atomic mass is 32.2. The summed E-state index contributed by atoms with van der Waals surface area (Å²) in [5.41, 5.74) is 2.64. The maximum Gasteiger partial charge on any atom is 0.270 e. The fourth-order valence-corrected chi connectivity index (χ4v) is 4.69. The molecule has 1 aromatic heterocycles. The summed E-state index contributed by atoms with van der Waals surface area (Å²) in [5.74, 6) is 1.55. The van der Waals surface area contributed by atoms with Gasteiger partial charge in [0.1, 0.15) is 11.6 Å². The number of hydrogen-bond donors (Lipinski definition) is 2. The number of amides is 1. The van der Waals surface area contributed by atoms with Gasteiger partial charge in [0, 0.05) is 12.5 Å². The van der Waals surface area contributed by atoms with Crippen molar-refractivity contribution in [1.29, 1.82) is 0 Å². The van der Waals surface area contributed by atoms with Crippen molar-refractivity contribution in [2.24, 2.45) is 0 Å². The SMILES string of the molecule is CC(C)n1[nH]c(=O)c2c1NC(=O)CSC2c1ccc(OCCc2ccccc2)cc1. The summed E-state index contributed by atoms with van der Waals surface area (Å²) < 4.78 is 7.61. The number of fused-ring (bicyclic) bond motifs is 1. The van der Waals surface area contributed by atoms with Crippen LogP contribution >= 0.6 is 11.8 Å². The molecule has 1 atom stereocenters. The average molecular weight is 424 g/mol. The number of ether oxygens (including phenoxy) is 1. The lowest BCUT2D eigenvalue weighted by molar-refractivity contribution is -0.113. The molecule has 2 heterocycles. The van der Waals surface area contributed by atoms with E-state index in [4.69, 9.17) is 4.74 Å². The van der Waals surface area contributed by atoms with Crippen LogP contribution in [0.25, 0.3) is 0 Å². The minimum Gasteiger partial charge on any atom is -0.493 e. The van der Waals surface area contributed by atoms with Gasteiger partial charge in [-0.1, -0.05) is 42.5 Å². The molecule has 1 amide bonds. The van der Waals surface area contributed by atoms with Crippen molar-refractivity contribution in [1.82, 2.24) is 9.78 Å². The van der Waals surface area contributed by atoms with Crippen LogP contribution in [0.1, 0.15) is 41.8 Å². The van der Waals surface area contributed by atoms with Gasteiger partial charge in [0.15, 0.2) is 0 Å². The van der Waals surface area contributed by atoms with Crippen molar-refractivity contribution < 1.29 is 9.53 Å². The molecule has 0 saturated heterocycles. The second-order valence-corrected chi connectivity index (χ2v) is 8.65. The van der Waals surface area contributed by atoms with Gasteiger partial charge in [-0.3, -0.25) is 19.4 Å². The van der Waals surface area contributed by atoms with E-state index in [9.17, 15) is 9.59 Å². The van der Waals surface area contributed by atoms with Crippen molar-refractivity contribution >= 4 is 23.5 Å². The van der Waals surface area contributed by atoms with E-state index in [1.807, 2.05) is 56.3 Å². The quantitative estimate of drug-likeness (QED) is 0.624. The molecule has 1 aliphatic rings. The van der Waals surface area contributed by atoms with Crippen LogP contribution in [0.4, 0.5) is 5.82 Å². The normalized spacial score (nSPS) is 16.1. The zero-order valence-corrected chi connectivity index (χ0v) is 17.9. The monoisotopic (exact) mass is 423 g/mol. The second kappa shape index (κ2) is 8.83. The Morgan fingerprint density at radius 3 is 2.53 bits per heavy atom. The summed E-state index contributed by atoms with van der Waals surface area (Å²) in [6.07, 6.45) is 0.844. The number of carbonyl (C=O) groups is 1. The minimum absolute atomic E-state index is 0.0332. The van der Waals surface area contributed by atoms with Crippen LogP contribution in [0.15, 0.2) is 59.4 Å². The molecule has 1 aliphatic heterocycles. The number of hydrogen-bond acceptors (Lipinski definition) is 4. The summed E-state index contributed by atoms with van der Waals surface area (Å²) in [6, 6.07) is 18.1. The molecular weight excluding hydrogens is 398 g/mol. The molecule has 0 radical (unpaired) electrons. The molecule has 0 fully saturated rings. The van der Waals surface area contributed by atoms with Crippen LogP contribution < -0.4 is 15.6 Å². The van der Waals surface area contributed by atoms with E-state index in [0.717, 1.165) is 17.7 Å². The molecular formula is C23H25N3O3S. The van der Waals surface area contributed by atoms with Crippen molar-refractivity contribution in [3.8, 4) is 5.75 Å². The number of anilines is 1. The Balaban J connectivity index is 1.53. The zero-order chi connectivity index (χ0) is 21.1. The lowest BCUT2D eigenvalue weighted by Crippen LogP contribution is -2.17. The Morgan fingerprint density at radius 1 is 1.10 bits per heavy atom. The van der Waals surface area contributed by atoms with Gasteiger partial charge in [0.25, 0.3) is 5.56 Å². The van der Waals surface area contributed by atoms with Crippen LogP contribution in [-0.2, 0) is 11.2 Å². The number of rotatable bonds is 6. The number of thioether (sulfide) groups is 1. The molecule has 3 aromatic rings. The fraction of sp³-hybridized carbons (Fsp3) is 0.304. The molecule has 1 unspecified atom stereocenters. The lowest BCUT2D eigenvalue weighted by Gasteiger charge is -2.15. The Morgan fingerprint density at radius 2 is 1.83 bits per heavy atom. The van der Waals surface area contributed by atoms with Crippen LogP contribution in [0.5, 0.6) is 5.75 Å². The van der Waals surface area contributed by atoms with Crippen molar-refractivity contribution in [2.75, 3.05) is 17.7 Å². The Bertz CT molecular complexity index is 1070. The van der Waals surface area contributed by atoms with Crippen molar-refractivity contribution in [2.45, 2.75) is 31.6 Å². The average Bonchev–Trinajstić information content (AvgIpc) is 2.95. The van der Waals surface area contributed by atoms with Gasteiger partial charge in [-0.15, -0.1) is 11.8 Å². The van der Waals surface area contributed by atoms with E-state index < -0.39 is 0 Å². The molecule has 0 saturated carbocycles. The first-order valence-corrected chi connectivity index (χ1v) is 11.1. The number of nitrogens with one attached hydrogen (secondary N) is 2. The van der Waals surface area contributed by atoms with Crippen molar-refractivity contribution in [3.05, 3.63) is 81.6 Å². The van der Waals surface area contributed by atoms with Gasteiger partial charge in [0.2, 0.25) is 5.91 Å². The first-order chi connectivity index (χ1) is 14.5. The summed E-state index contributed by atoms with van der Waals surface area (Å²) in [6.45, 7) is 4.54. The van der Waals surface area contributed by atoms with E-state index in [2.05, 4.69) is 22.5 Å². The van der Waals surface area contributed by atoms with Gasteiger partial charge in [-0.05, 0) is 37.1 Å². The number of nitrogens with zero attached hydrogens (tertiary/aromatic N) is 1. The maximum absolute atomic E-state index is 12.7. The Kier molecular flexibility index (Phi) is 5.99. The molecule has 2 N–H and O–H groups in total. The predicted molar refractivity (Wildman–Crippen MR) is 120 cm³/mol. The van der Waals surface area contributed by atoms with E-state index in [1.54, 1.807) is 4.68 Å². The molecule has 2 aromatic carbocycles. The number of carbonyl (C=O) groups excluding carboxylic acids is 1. The lowest BCUT2D eigenvalue weighted by atomic mass is 10.1. The smallest absolute Gasteiger partial charge is 0.270 e. The molecule has 6 nitrogen and oxygen atoms in total. The molecule has 156 valence electrons. The van der Waals surface area contributed by atoms with Gasteiger partial charge in [-0.2, -0.15) is 0 Å². The van der Waals surface area contributed by atoms with Crippen molar-refractivity contribution in [3.63, 3.8) is 0 Å². The standard InChI is InChI=1S/C23H25N3O3S/c1-15(2)26-22-20(23(28)25-26)21(30-14-19(27)24-22)17-8-10-18(11-9-17)29-13-12-16-6-4-3-5-7-16/h3-11,15,21H,12-14H2,1-2H3,(H,24,27)(H,25,28). The third-order valence-corrected chi connectivity index (χ3v) is 6.34.